The Morgan fingerprint density at radius 1 is 0.955 bits per heavy atom. The lowest BCUT2D eigenvalue weighted by Gasteiger charge is -2.07. The predicted molar refractivity (Wildman–Crippen MR) is 82.2 cm³/mol. The predicted octanol–water partition coefficient (Wildman–Crippen LogP) is 3.77. The minimum Gasteiger partial charge on any atom is -0.491 e. The first-order valence-corrected chi connectivity index (χ1v) is 7.32. The van der Waals surface area contributed by atoms with Crippen molar-refractivity contribution in [1.82, 2.24) is 0 Å². The van der Waals surface area contributed by atoms with E-state index in [1.807, 2.05) is 30.3 Å². The van der Waals surface area contributed by atoms with E-state index in [-0.39, 0.29) is 24.7 Å². The Labute approximate surface area is 129 Å². The third kappa shape index (κ3) is 5.56. The number of halogens is 1. The highest BCUT2D eigenvalue weighted by Gasteiger charge is 2.05. The number of ether oxygens (including phenoxy) is 2. The minimum atomic E-state index is -0.395. The number of benzene rings is 2. The van der Waals surface area contributed by atoms with E-state index in [2.05, 4.69) is 0 Å². The molecule has 0 saturated heterocycles. The van der Waals surface area contributed by atoms with Crippen LogP contribution in [0.3, 0.4) is 0 Å². The van der Waals surface area contributed by atoms with Crippen LogP contribution in [0.25, 0.3) is 0 Å². The van der Waals surface area contributed by atoms with Gasteiger partial charge in [-0.05, 0) is 24.1 Å². The summed E-state index contributed by atoms with van der Waals surface area (Å²) in [5.41, 5.74) is 1.14. The lowest BCUT2D eigenvalue weighted by atomic mass is 10.2. The molecule has 0 atom stereocenters. The first kappa shape index (κ1) is 16.0. The van der Waals surface area contributed by atoms with Gasteiger partial charge < -0.3 is 9.47 Å². The molecule has 0 bridgehead atoms. The van der Waals surface area contributed by atoms with Crippen molar-refractivity contribution in [3.63, 3.8) is 0 Å². The molecule has 3 nitrogen and oxygen atoms in total. The molecule has 0 spiro atoms. The van der Waals surface area contributed by atoms with Crippen molar-refractivity contribution in [2.24, 2.45) is 0 Å². The lowest BCUT2D eigenvalue weighted by Crippen LogP contribution is -2.09. The van der Waals surface area contributed by atoms with E-state index in [0.29, 0.717) is 19.4 Å². The van der Waals surface area contributed by atoms with E-state index < -0.39 is 5.82 Å². The van der Waals surface area contributed by atoms with E-state index in [1.54, 1.807) is 18.2 Å². The van der Waals surface area contributed by atoms with E-state index in [0.717, 1.165) is 5.56 Å². The van der Waals surface area contributed by atoms with Crippen LogP contribution in [0.15, 0.2) is 54.6 Å². The maximum Gasteiger partial charge on any atom is 0.305 e. The maximum atomic E-state index is 13.3. The van der Waals surface area contributed by atoms with Gasteiger partial charge >= 0.3 is 5.97 Å². The minimum absolute atomic E-state index is 0.208. The molecular formula is C18H19FO3. The SMILES string of the molecule is O=C(CCCOc1ccccc1F)OCCc1ccccc1. The molecule has 0 unspecified atom stereocenters. The van der Waals surface area contributed by atoms with Gasteiger partial charge in [-0.3, -0.25) is 4.79 Å². The molecular weight excluding hydrogens is 283 g/mol. The molecule has 22 heavy (non-hydrogen) atoms. The van der Waals surface area contributed by atoms with Crippen LogP contribution in [0.1, 0.15) is 18.4 Å². The van der Waals surface area contributed by atoms with Crippen LogP contribution < -0.4 is 4.74 Å². The van der Waals surface area contributed by atoms with Crippen molar-refractivity contribution in [2.45, 2.75) is 19.3 Å². The molecule has 2 aromatic carbocycles. The fraction of sp³-hybridized carbons (Fsp3) is 0.278. The van der Waals surface area contributed by atoms with E-state index >= 15 is 0 Å². The van der Waals surface area contributed by atoms with Gasteiger partial charge in [0.05, 0.1) is 13.2 Å². The topological polar surface area (TPSA) is 35.5 Å². The molecule has 0 aliphatic rings. The highest BCUT2D eigenvalue weighted by Crippen LogP contribution is 2.15. The van der Waals surface area contributed by atoms with Gasteiger partial charge in [0.1, 0.15) is 0 Å². The Balaban J connectivity index is 1.57. The summed E-state index contributed by atoms with van der Waals surface area (Å²) in [5, 5.41) is 0. The number of esters is 1. The van der Waals surface area contributed by atoms with Crippen molar-refractivity contribution in [1.29, 1.82) is 0 Å². The second-order valence-corrected chi connectivity index (χ2v) is 4.84. The summed E-state index contributed by atoms with van der Waals surface area (Å²) in [5.74, 6) is -0.444. The summed E-state index contributed by atoms with van der Waals surface area (Å²) in [6.45, 7) is 0.658. The van der Waals surface area contributed by atoms with Crippen LogP contribution in [0, 0.1) is 5.82 Å². The number of carbonyl (C=O) groups excluding carboxylic acids is 1. The van der Waals surface area contributed by atoms with Crippen LogP contribution in [-0.2, 0) is 16.0 Å². The fourth-order valence-electron chi connectivity index (χ4n) is 1.96. The van der Waals surface area contributed by atoms with Gasteiger partial charge in [-0.1, -0.05) is 42.5 Å². The van der Waals surface area contributed by atoms with Gasteiger partial charge in [0.2, 0.25) is 0 Å². The standard InChI is InChI=1S/C18H19FO3/c19-16-9-4-5-10-17(16)21-13-6-11-18(20)22-14-12-15-7-2-1-3-8-15/h1-5,7-10H,6,11-14H2. The van der Waals surface area contributed by atoms with Gasteiger partial charge in [0, 0.05) is 12.8 Å². The molecule has 0 aliphatic heterocycles. The van der Waals surface area contributed by atoms with Crippen molar-refractivity contribution < 1.29 is 18.7 Å². The van der Waals surface area contributed by atoms with Crippen LogP contribution in [-0.4, -0.2) is 19.2 Å². The third-order valence-corrected chi connectivity index (χ3v) is 3.12. The second kappa shape index (κ2) is 8.82. The Bertz CT molecular complexity index is 584. The number of hydrogen-bond acceptors (Lipinski definition) is 3. The van der Waals surface area contributed by atoms with Crippen LogP contribution in [0.5, 0.6) is 5.75 Å². The highest BCUT2D eigenvalue weighted by molar-refractivity contribution is 5.69. The third-order valence-electron chi connectivity index (χ3n) is 3.12. The largest absolute Gasteiger partial charge is 0.491 e. The van der Waals surface area contributed by atoms with Crippen molar-refractivity contribution in [3.05, 3.63) is 66.0 Å². The van der Waals surface area contributed by atoms with E-state index in [1.165, 1.54) is 6.07 Å². The molecule has 2 rings (SSSR count). The molecule has 0 amide bonds. The van der Waals surface area contributed by atoms with Gasteiger partial charge in [-0.15, -0.1) is 0 Å². The molecule has 0 saturated carbocycles. The number of rotatable bonds is 8. The number of para-hydroxylation sites is 1. The zero-order valence-electron chi connectivity index (χ0n) is 12.3. The quantitative estimate of drug-likeness (QED) is 0.550. The molecule has 4 heteroatoms. The smallest absolute Gasteiger partial charge is 0.305 e. The van der Waals surface area contributed by atoms with Crippen LogP contribution >= 0.6 is 0 Å². The van der Waals surface area contributed by atoms with Crippen LogP contribution in [0.2, 0.25) is 0 Å². The van der Waals surface area contributed by atoms with Crippen LogP contribution in [0.4, 0.5) is 4.39 Å². The summed E-state index contributed by atoms with van der Waals surface area (Å²) in [4.78, 5) is 11.6. The molecule has 0 aliphatic carbocycles. The Kier molecular flexibility index (Phi) is 6.42. The molecule has 0 N–H and O–H groups in total. The number of carbonyl (C=O) groups is 1. The summed E-state index contributed by atoms with van der Waals surface area (Å²) in [6.07, 6.45) is 1.47. The molecule has 116 valence electrons. The highest BCUT2D eigenvalue weighted by atomic mass is 19.1. The van der Waals surface area contributed by atoms with E-state index in [9.17, 15) is 9.18 Å². The van der Waals surface area contributed by atoms with Gasteiger partial charge in [0.25, 0.3) is 0 Å². The summed E-state index contributed by atoms with van der Waals surface area (Å²) in [7, 11) is 0. The van der Waals surface area contributed by atoms with E-state index in [4.69, 9.17) is 9.47 Å². The molecule has 0 fully saturated rings. The average Bonchev–Trinajstić information content (AvgIpc) is 2.54. The normalized spacial score (nSPS) is 10.2. The van der Waals surface area contributed by atoms with Crippen molar-refractivity contribution in [3.8, 4) is 5.75 Å². The fourth-order valence-corrected chi connectivity index (χ4v) is 1.96. The van der Waals surface area contributed by atoms with Crippen molar-refractivity contribution in [2.75, 3.05) is 13.2 Å². The molecule has 0 aromatic heterocycles. The first-order valence-electron chi connectivity index (χ1n) is 7.32. The Hall–Kier alpha value is -2.36. The molecule has 0 heterocycles. The maximum absolute atomic E-state index is 13.3. The first-order chi connectivity index (χ1) is 10.8. The molecule has 2 aromatic rings. The number of hydrogen-bond donors (Lipinski definition) is 0. The van der Waals surface area contributed by atoms with Gasteiger partial charge in [-0.2, -0.15) is 0 Å². The Morgan fingerprint density at radius 2 is 1.68 bits per heavy atom. The molecule has 0 radical (unpaired) electrons. The Morgan fingerprint density at radius 3 is 2.45 bits per heavy atom. The average molecular weight is 302 g/mol. The summed E-state index contributed by atoms with van der Waals surface area (Å²) < 4.78 is 23.7. The summed E-state index contributed by atoms with van der Waals surface area (Å²) >= 11 is 0. The second-order valence-electron chi connectivity index (χ2n) is 4.84. The summed E-state index contributed by atoms with van der Waals surface area (Å²) in [6, 6.07) is 16.1. The zero-order chi connectivity index (χ0) is 15.6. The van der Waals surface area contributed by atoms with Gasteiger partial charge in [0.15, 0.2) is 11.6 Å². The zero-order valence-corrected chi connectivity index (χ0v) is 12.3. The van der Waals surface area contributed by atoms with Gasteiger partial charge in [-0.25, -0.2) is 4.39 Å². The monoisotopic (exact) mass is 302 g/mol. The van der Waals surface area contributed by atoms with Crippen molar-refractivity contribution >= 4 is 5.97 Å². The lowest BCUT2D eigenvalue weighted by molar-refractivity contribution is -0.143.